The van der Waals surface area contributed by atoms with Gasteiger partial charge in [-0.05, 0) is 37.5 Å². The summed E-state index contributed by atoms with van der Waals surface area (Å²) in [6.07, 6.45) is 5.25. The van der Waals surface area contributed by atoms with Gasteiger partial charge in [0.05, 0.1) is 19.3 Å². The summed E-state index contributed by atoms with van der Waals surface area (Å²) in [5.41, 5.74) is 6.15. The third kappa shape index (κ3) is 3.67. The molecule has 0 bridgehead atoms. The van der Waals surface area contributed by atoms with Crippen molar-refractivity contribution in [1.29, 1.82) is 0 Å². The van der Waals surface area contributed by atoms with Gasteiger partial charge < -0.3 is 15.2 Å². The van der Waals surface area contributed by atoms with E-state index in [1.165, 1.54) is 19.3 Å². The van der Waals surface area contributed by atoms with E-state index >= 15 is 0 Å². The van der Waals surface area contributed by atoms with E-state index in [0.717, 1.165) is 31.5 Å². The highest BCUT2D eigenvalue weighted by molar-refractivity contribution is 4.79. The van der Waals surface area contributed by atoms with Crippen molar-refractivity contribution in [3.05, 3.63) is 0 Å². The largest absolute Gasteiger partial charge is 0.381 e. The van der Waals surface area contributed by atoms with E-state index in [-0.39, 0.29) is 6.04 Å². The molecule has 2 fully saturated rings. The third-order valence-electron chi connectivity index (χ3n) is 4.64. The van der Waals surface area contributed by atoms with Gasteiger partial charge in [-0.15, -0.1) is 0 Å². The van der Waals surface area contributed by atoms with Crippen LogP contribution in [0, 0.1) is 17.8 Å². The minimum atomic E-state index is 0.159. The number of hydrogen-bond acceptors (Lipinski definition) is 3. The maximum atomic E-state index is 6.15. The first-order chi connectivity index (χ1) is 8.16. The Labute approximate surface area is 105 Å². The Morgan fingerprint density at radius 3 is 2.71 bits per heavy atom. The van der Waals surface area contributed by atoms with Gasteiger partial charge in [0, 0.05) is 18.6 Å². The Bertz CT molecular complexity index is 228. The highest BCUT2D eigenvalue weighted by Gasteiger charge is 2.27. The maximum absolute atomic E-state index is 6.15. The molecule has 0 radical (unpaired) electrons. The Kier molecular flexibility index (Phi) is 4.83. The molecular formula is C14H27NO2. The zero-order valence-electron chi connectivity index (χ0n) is 11.2. The van der Waals surface area contributed by atoms with Crippen LogP contribution >= 0.6 is 0 Å². The standard InChI is InChI=1S/C14H27NO2/c1-10-3-4-13(7-11(10)2)17-9-14(15)12-5-6-16-8-12/h10-14H,3-9,15H2,1-2H3. The summed E-state index contributed by atoms with van der Waals surface area (Å²) in [5.74, 6) is 2.15. The zero-order valence-corrected chi connectivity index (χ0v) is 11.2. The molecule has 0 aromatic rings. The monoisotopic (exact) mass is 241 g/mol. The van der Waals surface area contributed by atoms with Crippen LogP contribution in [-0.2, 0) is 9.47 Å². The first kappa shape index (κ1) is 13.3. The summed E-state index contributed by atoms with van der Waals surface area (Å²) in [5, 5.41) is 0. The van der Waals surface area contributed by atoms with Gasteiger partial charge in [-0.3, -0.25) is 0 Å². The summed E-state index contributed by atoms with van der Waals surface area (Å²) >= 11 is 0. The Morgan fingerprint density at radius 2 is 2.06 bits per heavy atom. The molecule has 1 aliphatic heterocycles. The van der Waals surface area contributed by atoms with E-state index in [1.54, 1.807) is 0 Å². The normalized spacial score (nSPS) is 40.4. The van der Waals surface area contributed by atoms with Gasteiger partial charge in [-0.1, -0.05) is 13.8 Å². The van der Waals surface area contributed by atoms with Crippen LogP contribution < -0.4 is 5.73 Å². The minimum absolute atomic E-state index is 0.159. The van der Waals surface area contributed by atoms with Crippen LogP contribution in [0.3, 0.4) is 0 Å². The molecule has 0 amide bonds. The van der Waals surface area contributed by atoms with Gasteiger partial charge in [-0.2, -0.15) is 0 Å². The van der Waals surface area contributed by atoms with Gasteiger partial charge in [-0.25, -0.2) is 0 Å². The van der Waals surface area contributed by atoms with Crippen LogP contribution in [-0.4, -0.2) is 32.0 Å². The van der Waals surface area contributed by atoms with Crippen LogP contribution in [0.5, 0.6) is 0 Å². The highest BCUT2D eigenvalue weighted by Crippen LogP contribution is 2.31. The fourth-order valence-corrected chi connectivity index (χ4v) is 2.92. The van der Waals surface area contributed by atoms with E-state index in [1.807, 2.05) is 0 Å². The topological polar surface area (TPSA) is 44.5 Å². The Balaban J connectivity index is 1.67. The number of hydrogen-bond donors (Lipinski definition) is 1. The average molecular weight is 241 g/mol. The van der Waals surface area contributed by atoms with Gasteiger partial charge in [0.2, 0.25) is 0 Å². The van der Waals surface area contributed by atoms with E-state index in [4.69, 9.17) is 15.2 Å². The molecule has 0 aromatic heterocycles. The maximum Gasteiger partial charge on any atom is 0.0624 e. The highest BCUT2D eigenvalue weighted by atomic mass is 16.5. The SMILES string of the molecule is CC1CCC(OCC(N)C2CCOC2)CC1C. The number of rotatable bonds is 4. The quantitative estimate of drug-likeness (QED) is 0.820. The van der Waals surface area contributed by atoms with Crippen LogP contribution in [0.1, 0.15) is 39.5 Å². The summed E-state index contributed by atoms with van der Waals surface area (Å²) in [7, 11) is 0. The lowest BCUT2D eigenvalue weighted by atomic mass is 9.80. The van der Waals surface area contributed by atoms with Crippen molar-refractivity contribution in [3.8, 4) is 0 Å². The molecular weight excluding hydrogens is 214 g/mol. The fraction of sp³-hybridized carbons (Fsp3) is 1.00. The van der Waals surface area contributed by atoms with Crippen molar-refractivity contribution in [3.63, 3.8) is 0 Å². The summed E-state index contributed by atoms with van der Waals surface area (Å²) < 4.78 is 11.4. The summed E-state index contributed by atoms with van der Waals surface area (Å²) in [4.78, 5) is 0. The summed E-state index contributed by atoms with van der Waals surface area (Å²) in [6, 6.07) is 0.159. The first-order valence-electron chi connectivity index (χ1n) is 7.11. The minimum Gasteiger partial charge on any atom is -0.381 e. The van der Waals surface area contributed by atoms with E-state index in [2.05, 4.69) is 13.8 Å². The van der Waals surface area contributed by atoms with Crippen molar-refractivity contribution < 1.29 is 9.47 Å². The predicted molar refractivity (Wildman–Crippen MR) is 68.8 cm³/mol. The van der Waals surface area contributed by atoms with Crippen molar-refractivity contribution in [1.82, 2.24) is 0 Å². The fourth-order valence-electron chi connectivity index (χ4n) is 2.92. The van der Waals surface area contributed by atoms with Gasteiger partial charge in [0.1, 0.15) is 0 Å². The molecule has 5 unspecified atom stereocenters. The second kappa shape index (κ2) is 6.17. The summed E-state index contributed by atoms with van der Waals surface area (Å²) in [6.45, 7) is 7.09. The lowest BCUT2D eigenvalue weighted by molar-refractivity contribution is -0.00977. The van der Waals surface area contributed by atoms with Crippen molar-refractivity contribution >= 4 is 0 Å². The lowest BCUT2D eigenvalue weighted by Crippen LogP contribution is -2.38. The molecule has 2 N–H and O–H groups in total. The molecule has 3 nitrogen and oxygen atoms in total. The average Bonchev–Trinajstić information content (AvgIpc) is 2.84. The Morgan fingerprint density at radius 1 is 1.24 bits per heavy atom. The van der Waals surface area contributed by atoms with E-state index in [0.29, 0.717) is 18.6 Å². The predicted octanol–water partition coefficient (Wildman–Crippen LogP) is 2.19. The molecule has 1 saturated heterocycles. The molecule has 5 atom stereocenters. The van der Waals surface area contributed by atoms with E-state index < -0.39 is 0 Å². The first-order valence-corrected chi connectivity index (χ1v) is 7.11. The van der Waals surface area contributed by atoms with Gasteiger partial charge in [0.25, 0.3) is 0 Å². The number of nitrogens with two attached hydrogens (primary N) is 1. The smallest absolute Gasteiger partial charge is 0.0624 e. The Hall–Kier alpha value is -0.120. The number of ether oxygens (including phenoxy) is 2. The molecule has 3 heteroatoms. The van der Waals surface area contributed by atoms with Crippen LogP contribution in [0.25, 0.3) is 0 Å². The van der Waals surface area contributed by atoms with Crippen molar-refractivity contribution in [2.75, 3.05) is 19.8 Å². The van der Waals surface area contributed by atoms with Crippen molar-refractivity contribution in [2.45, 2.75) is 51.7 Å². The molecule has 0 spiro atoms. The second-order valence-corrected chi connectivity index (χ2v) is 6.01. The van der Waals surface area contributed by atoms with Crippen molar-refractivity contribution in [2.24, 2.45) is 23.5 Å². The zero-order chi connectivity index (χ0) is 12.3. The van der Waals surface area contributed by atoms with Gasteiger partial charge >= 0.3 is 0 Å². The molecule has 0 aromatic carbocycles. The second-order valence-electron chi connectivity index (χ2n) is 6.01. The molecule has 1 aliphatic carbocycles. The molecule has 2 aliphatic rings. The lowest BCUT2D eigenvalue weighted by Gasteiger charge is -2.33. The molecule has 1 heterocycles. The molecule has 100 valence electrons. The molecule has 1 saturated carbocycles. The molecule has 17 heavy (non-hydrogen) atoms. The van der Waals surface area contributed by atoms with Crippen LogP contribution in [0.4, 0.5) is 0 Å². The van der Waals surface area contributed by atoms with Crippen LogP contribution in [0.2, 0.25) is 0 Å². The van der Waals surface area contributed by atoms with Gasteiger partial charge in [0.15, 0.2) is 0 Å². The van der Waals surface area contributed by atoms with Crippen LogP contribution in [0.15, 0.2) is 0 Å². The molecule has 2 rings (SSSR count). The third-order valence-corrected chi connectivity index (χ3v) is 4.64. The van der Waals surface area contributed by atoms with E-state index in [9.17, 15) is 0 Å².